The minimum atomic E-state index is -4.47. The monoisotopic (exact) mass is 296 g/mol. The summed E-state index contributed by atoms with van der Waals surface area (Å²) in [5, 5.41) is 0. The third kappa shape index (κ3) is 3.65. The fourth-order valence-electron chi connectivity index (χ4n) is 1.89. The van der Waals surface area contributed by atoms with Gasteiger partial charge in [-0.1, -0.05) is 12.1 Å². The molecule has 2 N–H and O–H groups in total. The average Bonchev–Trinajstić information content (AvgIpc) is 2.37. The largest absolute Gasteiger partial charge is 0.490 e. The Bertz CT molecular complexity index is 639. The predicted octanol–water partition coefficient (Wildman–Crippen LogP) is 4.14. The van der Waals surface area contributed by atoms with E-state index in [0.717, 1.165) is 12.1 Å². The number of halogens is 3. The first kappa shape index (κ1) is 15.2. The van der Waals surface area contributed by atoms with Gasteiger partial charge in [-0.15, -0.1) is 0 Å². The molecule has 2 rings (SSSR count). The quantitative estimate of drug-likeness (QED) is 0.926. The Balaban J connectivity index is 2.54. The first-order chi connectivity index (χ1) is 9.77. The molecule has 3 nitrogen and oxygen atoms in total. The van der Waals surface area contributed by atoms with Crippen LogP contribution in [0.15, 0.2) is 36.4 Å². The molecule has 0 radical (unpaired) electrons. The summed E-state index contributed by atoms with van der Waals surface area (Å²) < 4.78 is 44.2. The smallest absolute Gasteiger partial charge is 0.416 e. The maximum atomic E-state index is 12.9. The fourth-order valence-corrected chi connectivity index (χ4v) is 1.89. The number of alkyl halides is 3. The van der Waals surface area contributed by atoms with Gasteiger partial charge in [-0.2, -0.15) is 13.2 Å². The van der Waals surface area contributed by atoms with Gasteiger partial charge >= 0.3 is 6.18 Å². The number of hydrogen-bond donors (Lipinski definition) is 1. The van der Waals surface area contributed by atoms with E-state index in [2.05, 4.69) is 4.98 Å². The summed E-state index contributed by atoms with van der Waals surface area (Å²) in [4.78, 5) is 3.98. The van der Waals surface area contributed by atoms with Crippen LogP contribution in [0.25, 0.3) is 11.3 Å². The Kier molecular flexibility index (Phi) is 4.06. The third-order valence-corrected chi connectivity index (χ3v) is 2.70. The van der Waals surface area contributed by atoms with Crippen LogP contribution in [0.5, 0.6) is 5.75 Å². The van der Waals surface area contributed by atoms with Gasteiger partial charge < -0.3 is 10.5 Å². The zero-order valence-electron chi connectivity index (χ0n) is 11.6. The van der Waals surface area contributed by atoms with Crippen molar-refractivity contribution < 1.29 is 17.9 Å². The molecule has 0 aliphatic rings. The van der Waals surface area contributed by atoms with E-state index in [4.69, 9.17) is 10.5 Å². The molecule has 21 heavy (non-hydrogen) atoms. The number of rotatable bonds is 3. The minimum absolute atomic E-state index is 0.103. The molecule has 0 aliphatic heterocycles. The molecule has 1 aromatic carbocycles. The number of nitrogens with zero attached hydrogens (tertiary/aromatic N) is 1. The normalized spacial score (nSPS) is 11.7. The van der Waals surface area contributed by atoms with Gasteiger partial charge in [-0.25, -0.2) is 4.98 Å². The maximum absolute atomic E-state index is 12.9. The summed E-state index contributed by atoms with van der Waals surface area (Å²) >= 11 is 0. The van der Waals surface area contributed by atoms with Crippen molar-refractivity contribution in [2.45, 2.75) is 26.1 Å². The van der Waals surface area contributed by atoms with E-state index in [1.807, 2.05) is 13.8 Å². The van der Waals surface area contributed by atoms with E-state index < -0.39 is 11.7 Å². The lowest BCUT2D eigenvalue weighted by molar-refractivity contribution is -0.137. The van der Waals surface area contributed by atoms with Crippen molar-refractivity contribution in [3.05, 3.63) is 42.0 Å². The lowest BCUT2D eigenvalue weighted by Gasteiger charge is -2.15. The number of ether oxygens (including phenoxy) is 1. The molecule has 0 aliphatic carbocycles. The second-order valence-corrected chi connectivity index (χ2v) is 4.83. The van der Waals surface area contributed by atoms with Crippen molar-refractivity contribution in [2.24, 2.45) is 0 Å². The number of aromatic nitrogens is 1. The molecule has 0 saturated carbocycles. The van der Waals surface area contributed by atoms with Crippen LogP contribution in [-0.2, 0) is 6.18 Å². The number of para-hydroxylation sites is 1. The summed E-state index contributed by atoms with van der Waals surface area (Å²) in [6.45, 7) is 3.68. The van der Waals surface area contributed by atoms with E-state index >= 15 is 0 Å². The SMILES string of the molecule is CC(C)Oc1ccccc1-c1cc(C(F)(F)F)cc(N)n1. The Morgan fingerprint density at radius 1 is 1.14 bits per heavy atom. The highest BCUT2D eigenvalue weighted by molar-refractivity contribution is 5.69. The van der Waals surface area contributed by atoms with Gasteiger partial charge in [-0.05, 0) is 38.1 Å². The summed E-state index contributed by atoms with van der Waals surface area (Å²) in [5.74, 6) is 0.290. The summed E-state index contributed by atoms with van der Waals surface area (Å²) in [6, 6.07) is 8.58. The van der Waals surface area contributed by atoms with Gasteiger partial charge in [0.15, 0.2) is 0 Å². The highest BCUT2D eigenvalue weighted by Crippen LogP contribution is 2.35. The summed E-state index contributed by atoms with van der Waals surface area (Å²) in [6.07, 6.45) is -4.58. The standard InChI is InChI=1S/C15H15F3N2O/c1-9(2)21-13-6-4-3-5-11(13)12-7-10(15(16,17)18)8-14(19)20-12/h3-9H,1-2H3,(H2,19,20). The third-order valence-electron chi connectivity index (χ3n) is 2.70. The van der Waals surface area contributed by atoms with Crippen LogP contribution in [-0.4, -0.2) is 11.1 Å². The van der Waals surface area contributed by atoms with Crippen LogP contribution < -0.4 is 10.5 Å². The average molecular weight is 296 g/mol. The van der Waals surface area contributed by atoms with E-state index in [-0.39, 0.29) is 17.6 Å². The van der Waals surface area contributed by atoms with Gasteiger partial charge in [0.25, 0.3) is 0 Å². The Morgan fingerprint density at radius 3 is 2.43 bits per heavy atom. The molecule has 0 amide bonds. The topological polar surface area (TPSA) is 48.1 Å². The minimum Gasteiger partial charge on any atom is -0.490 e. The fraction of sp³-hybridized carbons (Fsp3) is 0.267. The first-order valence-electron chi connectivity index (χ1n) is 6.38. The number of hydrogen-bond acceptors (Lipinski definition) is 3. The number of pyridine rings is 1. The second-order valence-electron chi connectivity index (χ2n) is 4.83. The molecule has 1 heterocycles. The molecular weight excluding hydrogens is 281 g/mol. The zero-order valence-corrected chi connectivity index (χ0v) is 11.6. The molecule has 6 heteroatoms. The highest BCUT2D eigenvalue weighted by atomic mass is 19.4. The number of benzene rings is 1. The van der Waals surface area contributed by atoms with Crippen molar-refractivity contribution >= 4 is 5.82 Å². The van der Waals surface area contributed by atoms with Crippen LogP contribution >= 0.6 is 0 Å². The molecule has 1 aromatic heterocycles. The zero-order chi connectivity index (χ0) is 15.6. The molecule has 0 unspecified atom stereocenters. The van der Waals surface area contributed by atoms with Gasteiger partial charge in [0.2, 0.25) is 0 Å². The maximum Gasteiger partial charge on any atom is 0.416 e. The van der Waals surface area contributed by atoms with Crippen LogP contribution in [0.1, 0.15) is 19.4 Å². The van der Waals surface area contributed by atoms with Gasteiger partial charge in [-0.3, -0.25) is 0 Å². The highest BCUT2D eigenvalue weighted by Gasteiger charge is 2.31. The molecule has 0 fully saturated rings. The van der Waals surface area contributed by atoms with Crippen LogP contribution in [0, 0.1) is 0 Å². The lowest BCUT2D eigenvalue weighted by Crippen LogP contribution is -2.09. The van der Waals surface area contributed by atoms with Crippen molar-refractivity contribution in [3.8, 4) is 17.0 Å². The Labute approximate surface area is 120 Å². The van der Waals surface area contributed by atoms with Crippen LogP contribution in [0.3, 0.4) is 0 Å². The molecular formula is C15H15F3N2O. The second kappa shape index (κ2) is 5.63. The first-order valence-corrected chi connectivity index (χ1v) is 6.38. The molecule has 112 valence electrons. The van der Waals surface area contributed by atoms with E-state index in [0.29, 0.717) is 11.3 Å². The van der Waals surface area contributed by atoms with Crippen molar-refractivity contribution in [1.29, 1.82) is 0 Å². The Hall–Kier alpha value is -2.24. The van der Waals surface area contributed by atoms with E-state index in [1.54, 1.807) is 24.3 Å². The van der Waals surface area contributed by atoms with Crippen LogP contribution in [0.4, 0.5) is 19.0 Å². The van der Waals surface area contributed by atoms with Gasteiger partial charge in [0.1, 0.15) is 11.6 Å². The predicted molar refractivity (Wildman–Crippen MR) is 74.9 cm³/mol. The lowest BCUT2D eigenvalue weighted by atomic mass is 10.1. The van der Waals surface area contributed by atoms with Crippen molar-refractivity contribution in [3.63, 3.8) is 0 Å². The van der Waals surface area contributed by atoms with E-state index in [1.165, 1.54) is 0 Å². The molecule has 2 aromatic rings. The van der Waals surface area contributed by atoms with Gasteiger partial charge in [0.05, 0.1) is 17.4 Å². The summed E-state index contributed by atoms with van der Waals surface area (Å²) in [5.41, 5.74) is 5.28. The van der Waals surface area contributed by atoms with Crippen LogP contribution in [0.2, 0.25) is 0 Å². The Morgan fingerprint density at radius 2 is 1.81 bits per heavy atom. The molecule has 0 saturated heterocycles. The number of nitrogens with two attached hydrogens (primary N) is 1. The van der Waals surface area contributed by atoms with Crippen molar-refractivity contribution in [2.75, 3.05) is 5.73 Å². The van der Waals surface area contributed by atoms with Gasteiger partial charge in [0, 0.05) is 5.56 Å². The van der Waals surface area contributed by atoms with E-state index in [9.17, 15) is 13.2 Å². The summed E-state index contributed by atoms with van der Waals surface area (Å²) in [7, 11) is 0. The molecule has 0 spiro atoms. The number of anilines is 1. The molecule has 0 atom stereocenters. The number of nitrogen functional groups attached to an aromatic ring is 1. The molecule has 0 bridgehead atoms. The van der Waals surface area contributed by atoms with Crippen molar-refractivity contribution in [1.82, 2.24) is 4.98 Å².